The molecule has 0 aromatic carbocycles. The molecule has 0 spiro atoms. The molecule has 0 unspecified atom stereocenters. The zero-order chi connectivity index (χ0) is 8.81. The van der Waals surface area contributed by atoms with E-state index in [4.69, 9.17) is 0 Å². The molecule has 66 valence electrons. The van der Waals surface area contributed by atoms with Gasteiger partial charge in [0.2, 0.25) is 0 Å². The van der Waals surface area contributed by atoms with Crippen LogP contribution in [0.4, 0.5) is 11.5 Å². The average molecular weight is 165 g/mol. The van der Waals surface area contributed by atoms with Crippen molar-refractivity contribution in [3.8, 4) is 0 Å². The largest absolute Gasteiger partial charge is 0.385 e. The molecule has 1 heterocycles. The van der Waals surface area contributed by atoms with E-state index in [2.05, 4.69) is 22.5 Å². The first-order valence-corrected chi connectivity index (χ1v) is 4.24. The number of anilines is 2. The van der Waals surface area contributed by atoms with Crippen LogP contribution in [-0.2, 0) is 0 Å². The lowest BCUT2D eigenvalue weighted by Gasteiger charge is -2.05. The lowest BCUT2D eigenvalue weighted by Crippen LogP contribution is -2.00. The van der Waals surface area contributed by atoms with Crippen molar-refractivity contribution in [3.63, 3.8) is 0 Å². The molecule has 3 heteroatoms. The van der Waals surface area contributed by atoms with Gasteiger partial charge in [0.25, 0.3) is 0 Å². The van der Waals surface area contributed by atoms with Crippen LogP contribution in [0, 0.1) is 0 Å². The molecule has 1 rings (SSSR count). The molecule has 0 bridgehead atoms. The minimum atomic E-state index is 0.899. The fourth-order valence-electron chi connectivity index (χ4n) is 0.947. The van der Waals surface area contributed by atoms with Crippen molar-refractivity contribution in [2.75, 3.05) is 24.2 Å². The standard InChI is InChI=1S/C9H15N3/c1-3-5-11-8-4-6-12-9(7-8)10-2/h4,6-7H,3,5H2,1-2H3,(H2,10,11,12). The molecule has 0 saturated carbocycles. The average Bonchev–Trinajstić information content (AvgIpc) is 2.15. The van der Waals surface area contributed by atoms with Crippen LogP contribution in [0.3, 0.4) is 0 Å². The Bertz CT molecular complexity index is 235. The van der Waals surface area contributed by atoms with E-state index in [9.17, 15) is 0 Å². The van der Waals surface area contributed by atoms with Crippen LogP contribution >= 0.6 is 0 Å². The molecule has 0 aliphatic rings. The van der Waals surface area contributed by atoms with E-state index in [1.807, 2.05) is 19.2 Å². The van der Waals surface area contributed by atoms with E-state index in [-0.39, 0.29) is 0 Å². The third kappa shape index (κ3) is 2.42. The first-order chi connectivity index (χ1) is 5.86. The number of pyridine rings is 1. The minimum absolute atomic E-state index is 0.899. The Morgan fingerprint density at radius 1 is 1.50 bits per heavy atom. The molecule has 2 N–H and O–H groups in total. The summed E-state index contributed by atoms with van der Waals surface area (Å²) in [6, 6.07) is 3.96. The van der Waals surface area contributed by atoms with Gasteiger partial charge in [0, 0.05) is 31.5 Å². The maximum Gasteiger partial charge on any atom is 0.127 e. The molecule has 12 heavy (non-hydrogen) atoms. The van der Waals surface area contributed by atoms with E-state index >= 15 is 0 Å². The highest BCUT2D eigenvalue weighted by molar-refractivity contribution is 5.51. The van der Waals surface area contributed by atoms with Gasteiger partial charge in [0.05, 0.1) is 0 Å². The van der Waals surface area contributed by atoms with Crippen molar-refractivity contribution in [2.24, 2.45) is 0 Å². The van der Waals surface area contributed by atoms with Crippen LogP contribution in [0.15, 0.2) is 18.3 Å². The molecular formula is C9H15N3. The maximum absolute atomic E-state index is 4.11. The molecule has 0 radical (unpaired) electrons. The zero-order valence-corrected chi connectivity index (χ0v) is 7.59. The molecule has 0 atom stereocenters. The summed E-state index contributed by atoms with van der Waals surface area (Å²) in [5.74, 6) is 0.899. The van der Waals surface area contributed by atoms with Crippen LogP contribution in [-0.4, -0.2) is 18.6 Å². The lowest BCUT2D eigenvalue weighted by atomic mass is 10.3. The van der Waals surface area contributed by atoms with Gasteiger partial charge in [-0.15, -0.1) is 0 Å². The predicted molar refractivity (Wildman–Crippen MR) is 52.6 cm³/mol. The number of rotatable bonds is 4. The molecule has 1 aromatic heterocycles. The van der Waals surface area contributed by atoms with E-state index < -0.39 is 0 Å². The number of nitrogens with zero attached hydrogens (tertiary/aromatic N) is 1. The number of hydrogen-bond donors (Lipinski definition) is 2. The van der Waals surface area contributed by atoms with Crippen LogP contribution in [0.2, 0.25) is 0 Å². The highest BCUT2D eigenvalue weighted by atomic mass is 15.0. The fourth-order valence-corrected chi connectivity index (χ4v) is 0.947. The smallest absolute Gasteiger partial charge is 0.127 e. The first kappa shape index (κ1) is 8.84. The quantitative estimate of drug-likeness (QED) is 0.716. The van der Waals surface area contributed by atoms with E-state index in [1.165, 1.54) is 0 Å². The normalized spacial score (nSPS) is 9.50. The molecule has 0 aliphatic carbocycles. The summed E-state index contributed by atoms with van der Waals surface area (Å²) in [6.45, 7) is 3.15. The second-order valence-electron chi connectivity index (χ2n) is 2.61. The second-order valence-corrected chi connectivity index (χ2v) is 2.61. The van der Waals surface area contributed by atoms with Crippen molar-refractivity contribution in [1.82, 2.24) is 4.98 Å². The minimum Gasteiger partial charge on any atom is -0.385 e. The Balaban J connectivity index is 2.60. The van der Waals surface area contributed by atoms with E-state index in [0.29, 0.717) is 0 Å². The van der Waals surface area contributed by atoms with Gasteiger partial charge in [-0.1, -0.05) is 6.92 Å². The summed E-state index contributed by atoms with van der Waals surface area (Å²) in [5, 5.41) is 6.28. The van der Waals surface area contributed by atoms with Crippen molar-refractivity contribution >= 4 is 11.5 Å². The monoisotopic (exact) mass is 165 g/mol. The van der Waals surface area contributed by atoms with Crippen LogP contribution in [0.25, 0.3) is 0 Å². The molecule has 0 aliphatic heterocycles. The van der Waals surface area contributed by atoms with Gasteiger partial charge >= 0.3 is 0 Å². The fraction of sp³-hybridized carbons (Fsp3) is 0.444. The summed E-state index contributed by atoms with van der Waals surface area (Å²) in [7, 11) is 1.87. The number of nitrogens with one attached hydrogen (secondary N) is 2. The summed E-state index contributed by atoms with van der Waals surface area (Å²) in [4.78, 5) is 4.11. The van der Waals surface area contributed by atoms with Gasteiger partial charge in [-0.2, -0.15) is 0 Å². The van der Waals surface area contributed by atoms with Gasteiger partial charge in [-0.05, 0) is 12.5 Å². The Morgan fingerprint density at radius 2 is 2.33 bits per heavy atom. The third-order valence-corrected chi connectivity index (χ3v) is 1.60. The summed E-state index contributed by atoms with van der Waals surface area (Å²) < 4.78 is 0. The summed E-state index contributed by atoms with van der Waals surface area (Å²) in [6.07, 6.45) is 2.93. The Morgan fingerprint density at radius 3 is 3.00 bits per heavy atom. The topological polar surface area (TPSA) is 37.0 Å². The van der Waals surface area contributed by atoms with Crippen molar-refractivity contribution in [2.45, 2.75) is 13.3 Å². The third-order valence-electron chi connectivity index (χ3n) is 1.60. The zero-order valence-electron chi connectivity index (χ0n) is 7.59. The molecule has 0 amide bonds. The lowest BCUT2D eigenvalue weighted by molar-refractivity contribution is 0.979. The Kier molecular flexibility index (Phi) is 3.38. The number of hydrogen-bond acceptors (Lipinski definition) is 3. The summed E-state index contributed by atoms with van der Waals surface area (Å²) >= 11 is 0. The van der Waals surface area contributed by atoms with Gasteiger partial charge in [0.1, 0.15) is 5.82 Å². The maximum atomic E-state index is 4.11. The number of aromatic nitrogens is 1. The highest BCUT2D eigenvalue weighted by Crippen LogP contribution is 2.10. The molecule has 0 saturated heterocycles. The van der Waals surface area contributed by atoms with Crippen LogP contribution in [0.1, 0.15) is 13.3 Å². The predicted octanol–water partition coefficient (Wildman–Crippen LogP) is 1.95. The Labute approximate surface area is 73.2 Å². The molecule has 0 fully saturated rings. The van der Waals surface area contributed by atoms with Crippen LogP contribution < -0.4 is 10.6 Å². The molecular weight excluding hydrogens is 150 g/mol. The van der Waals surface area contributed by atoms with Crippen molar-refractivity contribution in [1.29, 1.82) is 0 Å². The van der Waals surface area contributed by atoms with Gasteiger partial charge in [-0.25, -0.2) is 4.98 Å². The molecule has 1 aromatic rings. The molecule has 3 nitrogen and oxygen atoms in total. The van der Waals surface area contributed by atoms with Gasteiger partial charge < -0.3 is 10.6 Å². The second kappa shape index (κ2) is 4.59. The van der Waals surface area contributed by atoms with Gasteiger partial charge in [0.15, 0.2) is 0 Å². The SMILES string of the molecule is CCCNc1ccnc(NC)c1. The summed E-state index contributed by atoms with van der Waals surface area (Å²) in [5.41, 5.74) is 1.12. The Hall–Kier alpha value is -1.25. The van der Waals surface area contributed by atoms with E-state index in [1.54, 1.807) is 6.20 Å². The van der Waals surface area contributed by atoms with Crippen molar-refractivity contribution in [3.05, 3.63) is 18.3 Å². The highest BCUT2D eigenvalue weighted by Gasteiger charge is 1.92. The first-order valence-electron chi connectivity index (χ1n) is 4.24. The van der Waals surface area contributed by atoms with Crippen molar-refractivity contribution < 1.29 is 0 Å². The van der Waals surface area contributed by atoms with Gasteiger partial charge in [-0.3, -0.25) is 0 Å². The van der Waals surface area contributed by atoms with Crippen LogP contribution in [0.5, 0.6) is 0 Å². The van der Waals surface area contributed by atoms with E-state index in [0.717, 1.165) is 24.5 Å².